The fourth-order valence-corrected chi connectivity index (χ4v) is 2.78. The first-order chi connectivity index (χ1) is 11.2. The Labute approximate surface area is 141 Å². The lowest BCUT2D eigenvalue weighted by Crippen LogP contribution is -2.52. The summed E-state index contributed by atoms with van der Waals surface area (Å²) < 4.78 is 7.13. The number of carbonyl (C=O) groups is 1. The lowest BCUT2D eigenvalue weighted by molar-refractivity contribution is -0.000992. The molecule has 0 bridgehead atoms. The van der Waals surface area contributed by atoms with E-state index in [2.05, 4.69) is 4.98 Å². The molecule has 24 heavy (non-hydrogen) atoms. The molecular weight excluding hydrogens is 309 g/mol. The Morgan fingerprint density at radius 2 is 2.04 bits per heavy atom. The molecular formula is C16H22BN3O4. The van der Waals surface area contributed by atoms with E-state index in [-0.39, 0.29) is 6.09 Å². The molecule has 2 aromatic rings. The van der Waals surface area contributed by atoms with Crippen LogP contribution in [-0.2, 0) is 11.2 Å². The number of likely N-dealkylation sites (tertiary alicyclic amines) is 1. The second-order valence-electron chi connectivity index (χ2n) is 7.29. The summed E-state index contributed by atoms with van der Waals surface area (Å²) in [5.41, 5.74) is 1.64. The maximum absolute atomic E-state index is 11.9. The average Bonchev–Trinajstić information content (AvgIpc) is 2.81. The van der Waals surface area contributed by atoms with E-state index >= 15 is 0 Å². The van der Waals surface area contributed by atoms with Crippen LogP contribution in [0.5, 0.6) is 0 Å². The van der Waals surface area contributed by atoms with Crippen LogP contribution in [0.3, 0.4) is 0 Å². The van der Waals surface area contributed by atoms with Gasteiger partial charge in [-0.2, -0.15) is 0 Å². The van der Waals surface area contributed by atoms with Gasteiger partial charge in [0.05, 0.1) is 5.69 Å². The zero-order valence-electron chi connectivity index (χ0n) is 14.1. The van der Waals surface area contributed by atoms with Crippen LogP contribution in [0, 0.1) is 5.92 Å². The third kappa shape index (κ3) is 3.71. The molecule has 2 N–H and O–H groups in total. The van der Waals surface area contributed by atoms with E-state index in [1.165, 1.54) is 0 Å². The Hall–Kier alpha value is -2.06. The fraction of sp³-hybridized carbons (Fsp3) is 0.500. The van der Waals surface area contributed by atoms with Gasteiger partial charge in [-0.15, -0.1) is 0 Å². The van der Waals surface area contributed by atoms with Crippen molar-refractivity contribution in [1.29, 1.82) is 0 Å². The number of ether oxygens (including phenoxy) is 1. The molecule has 0 aromatic carbocycles. The maximum atomic E-state index is 11.9. The molecule has 0 atom stereocenters. The molecule has 0 radical (unpaired) electrons. The van der Waals surface area contributed by atoms with Gasteiger partial charge in [0.15, 0.2) is 0 Å². The summed E-state index contributed by atoms with van der Waals surface area (Å²) in [6.07, 6.45) is 4.05. The maximum Gasteiger partial charge on any atom is 0.489 e. The van der Waals surface area contributed by atoms with E-state index in [1.807, 2.05) is 27.0 Å². The number of fused-ring (bicyclic) bond motifs is 1. The smallest absolute Gasteiger partial charge is 0.444 e. The lowest BCUT2D eigenvalue weighted by atomic mass is 9.82. The Balaban J connectivity index is 1.58. The van der Waals surface area contributed by atoms with Crippen molar-refractivity contribution in [2.24, 2.45) is 5.92 Å². The van der Waals surface area contributed by atoms with Crippen molar-refractivity contribution in [1.82, 2.24) is 14.3 Å². The van der Waals surface area contributed by atoms with Crippen molar-refractivity contribution in [2.45, 2.75) is 32.8 Å². The number of rotatable bonds is 3. The van der Waals surface area contributed by atoms with Gasteiger partial charge in [0.25, 0.3) is 0 Å². The van der Waals surface area contributed by atoms with Gasteiger partial charge in [0.2, 0.25) is 0 Å². The number of aromatic nitrogens is 2. The summed E-state index contributed by atoms with van der Waals surface area (Å²) in [7, 11) is -1.49. The molecule has 3 rings (SSSR count). The predicted octanol–water partition coefficient (Wildman–Crippen LogP) is 0.423. The highest BCUT2D eigenvalue weighted by atomic mass is 16.6. The van der Waals surface area contributed by atoms with Gasteiger partial charge in [-0.25, -0.2) is 9.78 Å². The van der Waals surface area contributed by atoms with Crippen molar-refractivity contribution in [3.63, 3.8) is 0 Å². The van der Waals surface area contributed by atoms with E-state index in [4.69, 9.17) is 4.74 Å². The highest BCUT2D eigenvalue weighted by molar-refractivity contribution is 6.58. The van der Waals surface area contributed by atoms with Crippen molar-refractivity contribution in [2.75, 3.05) is 13.1 Å². The highest BCUT2D eigenvalue weighted by Gasteiger charge is 2.34. The van der Waals surface area contributed by atoms with Crippen LogP contribution in [0.1, 0.15) is 26.5 Å². The zero-order valence-corrected chi connectivity index (χ0v) is 14.1. The first-order valence-corrected chi connectivity index (χ1v) is 8.03. The molecule has 8 heteroatoms. The molecule has 1 aliphatic heterocycles. The number of hydrogen-bond acceptors (Lipinski definition) is 5. The zero-order chi connectivity index (χ0) is 17.5. The second-order valence-corrected chi connectivity index (χ2v) is 7.29. The highest BCUT2D eigenvalue weighted by Crippen LogP contribution is 2.22. The summed E-state index contributed by atoms with van der Waals surface area (Å²) in [5, 5.41) is 18.4. The van der Waals surface area contributed by atoms with Crippen LogP contribution >= 0.6 is 0 Å². The van der Waals surface area contributed by atoms with Crippen molar-refractivity contribution < 1.29 is 19.6 Å². The second kappa shape index (κ2) is 6.10. The monoisotopic (exact) mass is 331 g/mol. The molecule has 0 saturated carbocycles. The molecule has 1 saturated heterocycles. The number of pyridine rings is 1. The van der Waals surface area contributed by atoms with E-state index in [9.17, 15) is 14.8 Å². The SMILES string of the molecule is CC(C)(C)OC(=O)N1CC(Cc2cn3cc(B(O)O)ccc3n2)C1. The first kappa shape index (κ1) is 16.8. The van der Waals surface area contributed by atoms with Gasteiger partial charge in [0, 0.05) is 25.5 Å². The summed E-state index contributed by atoms with van der Waals surface area (Å²) in [5.74, 6) is 0.366. The summed E-state index contributed by atoms with van der Waals surface area (Å²) in [6.45, 7) is 6.91. The normalized spacial score (nSPS) is 15.5. The largest absolute Gasteiger partial charge is 0.489 e. The molecule has 128 valence electrons. The predicted molar refractivity (Wildman–Crippen MR) is 90.0 cm³/mol. The summed E-state index contributed by atoms with van der Waals surface area (Å²) in [6, 6.07) is 3.40. The minimum Gasteiger partial charge on any atom is -0.444 e. The van der Waals surface area contributed by atoms with E-state index in [0.717, 1.165) is 17.8 Å². The lowest BCUT2D eigenvalue weighted by Gasteiger charge is -2.39. The molecule has 0 unspecified atom stereocenters. The number of imidazole rings is 1. The van der Waals surface area contributed by atoms with Gasteiger partial charge in [-0.05, 0) is 44.6 Å². The van der Waals surface area contributed by atoms with Gasteiger partial charge < -0.3 is 24.1 Å². The minimum absolute atomic E-state index is 0.268. The number of carbonyl (C=O) groups excluding carboxylic acids is 1. The molecule has 1 amide bonds. The van der Waals surface area contributed by atoms with Crippen LogP contribution in [0.25, 0.3) is 5.65 Å². The van der Waals surface area contributed by atoms with Gasteiger partial charge in [-0.1, -0.05) is 6.07 Å². The van der Waals surface area contributed by atoms with E-state index in [0.29, 0.717) is 24.5 Å². The van der Waals surface area contributed by atoms with Crippen LogP contribution in [0.15, 0.2) is 24.5 Å². The Bertz CT molecular complexity index is 747. The van der Waals surface area contributed by atoms with Crippen molar-refractivity contribution in [3.05, 3.63) is 30.2 Å². The Kier molecular flexibility index (Phi) is 4.27. The molecule has 3 heterocycles. The number of nitrogens with zero attached hydrogens (tertiary/aromatic N) is 3. The Morgan fingerprint density at radius 3 is 2.67 bits per heavy atom. The topological polar surface area (TPSA) is 87.3 Å². The van der Waals surface area contributed by atoms with Crippen molar-refractivity contribution >= 4 is 24.3 Å². The molecule has 0 spiro atoms. The van der Waals surface area contributed by atoms with Crippen LogP contribution in [0.4, 0.5) is 4.79 Å². The van der Waals surface area contributed by atoms with Crippen molar-refractivity contribution in [3.8, 4) is 0 Å². The third-order valence-electron chi connectivity index (χ3n) is 3.93. The minimum atomic E-state index is -1.49. The standard InChI is InChI=1S/C16H22BN3O4/c1-16(2,3)24-15(21)20-7-11(8-20)6-13-10-19-9-12(17(22)23)4-5-14(19)18-13/h4-5,9-11,22-23H,6-8H2,1-3H3. The molecule has 1 fully saturated rings. The van der Waals surface area contributed by atoms with Crippen LogP contribution < -0.4 is 5.46 Å². The molecule has 2 aromatic heterocycles. The fourth-order valence-electron chi connectivity index (χ4n) is 2.78. The third-order valence-corrected chi connectivity index (χ3v) is 3.93. The number of amides is 1. The van der Waals surface area contributed by atoms with Gasteiger partial charge >= 0.3 is 13.2 Å². The number of hydrogen-bond donors (Lipinski definition) is 2. The van der Waals surface area contributed by atoms with Crippen LogP contribution in [-0.4, -0.2) is 56.2 Å². The average molecular weight is 331 g/mol. The first-order valence-electron chi connectivity index (χ1n) is 8.03. The van der Waals surface area contributed by atoms with Gasteiger partial charge in [0.1, 0.15) is 11.2 Å². The quantitative estimate of drug-likeness (QED) is 0.796. The van der Waals surface area contributed by atoms with Crippen LogP contribution in [0.2, 0.25) is 0 Å². The summed E-state index contributed by atoms with van der Waals surface area (Å²) >= 11 is 0. The molecule has 7 nitrogen and oxygen atoms in total. The Morgan fingerprint density at radius 1 is 1.33 bits per heavy atom. The summed E-state index contributed by atoms with van der Waals surface area (Å²) in [4.78, 5) is 18.1. The molecule has 0 aliphatic carbocycles. The van der Waals surface area contributed by atoms with Gasteiger partial charge in [-0.3, -0.25) is 0 Å². The molecule has 1 aliphatic rings. The van der Waals surface area contributed by atoms with E-state index in [1.54, 1.807) is 27.6 Å². The van der Waals surface area contributed by atoms with E-state index < -0.39 is 12.7 Å².